The molecule has 11 rings (SSSR count). The highest BCUT2D eigenvalue weighted by Crippen LogP contribution is 2.43. The molecular weight excluding hydrogens is 619 g/mol. The summed E-state index contributed by atoms with van der Waals surface area (Å²) in [6.07, 6.45) is 0. The lowest BCUT2D eigenvalue weighted by molar-refractivity contribution is 1.17. The molecule has 3 heteroatoms. The topological polar surface area (TPSA) is 14.8 Å². The fourth-order valence-corrected chi connectivity index (χ4v) is 6.77. The van der Waals surface area contributed by atoms with Gasteiger partial charge < -0.3 is 13.7 Å². The van der Waals surface area contributed by atoms with Gasteiger partial charge in [-0.1, -0.05) is 127 Å². The molecule has 0 aliphatic heterocycles. The Balaban J connectivity index is 1.44. The molecule has 0 radical (unpaired) electrons. The highest BCUT2D eigenvalue weighted by atomic mass is 15.0. The van der Waals surface area contributed by atoms with Gasteiger partial charge in [0.15, 0.2) is 0 Å². The monoisotopic (exact) mass is 676 g/mol. The van der Waals surface area contributed by atoms with Crippen LogP contribution in [-0.4, -0.2) is 13.7 Å². The van der Waals surface area contributed by atoms with E-state index in [0.29, 0.717) is 0 Å². The molecule has 0 bridgehead atoms. The molecule has 0 spiro atoms. The smallest absolute Gasteiger partial charge is 0.0645 e. The summed E-state index contributed by atoms with van der Waals surface area (Å²) in [5.74, 6) is 0. The van der Waals surface area contributed by atoms with E-state index >= 15 is 0 Å². The second kappa shape index (κ2) is 10.8. The number of nitrogens with zero attached hydrogens (tertiary/aromatic N) is 3. The lowest BCUT2D eigenvalue weighted by atomic mass is 10.1. The Labute approximate surface area is 332 Å². The number of aromatic nitrogens is 3. The van der Waals surface area contributed by atoms with Crippen LogP contribution in [0.5, 0.6) is 0 Å². The maximum Gasteiger partial charge on any atom is 0.0645 e. The van der Waals surface area contributed by atoms with Crippen molar-refractivity contribution in [3.8, 4) is 28.2 Å². The van der Waals surface area contributed by atoms with Gasteiger partial charge in [-0.05, 0) is 71.6 Å². The Hall–Kier alpha value is -6.84. The molecule has 3 nitrogen and oxygen atoms in total. The lowest BCUT2D eigenvalue weighted by Gasteiger charge is -2.13. The summed E-state index contributed by atoms with van der Waals surface area (Å²) in [4.78, 5) is 0. The Morgan fingerprint density at radius 1 is 0.333 bits per heavy atom. The van der Waals surface area contributed by atoms with Gasteiger partial charge in [0.2, 0.25) is 0 Å². The Morgan fingerprint density at radius 3 is 1.35 bits per heavy atom. The van der Waals surface area contributed by atoms with Gasteiger partial charge in [-0.15, -0.1) is 0 Å². The van der Waals surface area contributed by atoms with E-state index in [-0.39, 0.29) is 16.8 Å². The largest absolute Gasteiger partial charge is 0.309 e. The zero-order valence-electron chi connectivity index (χ0n) is 52.7. The van der Waals surface area contributed by atoms with Gasteiger partial charge in [-0.2, -0.15) is 0 Å². The van der Waals surface area contributed by atoms with Crippen molar-refractivity contribution >= 4 is 65.4 Å². The van der Waals surface area contributed by atoms with Crippen LogP contribution < -0.4 is 0 Å². The fourth-order valence-electron chi connectivity index (χ4n) is 6.77. The van der Waals surface area contributed by atoms with Gasteiger partial charge >= 0.3 is 0 Å². The normalized spacial score (nSPS) is 19.3. The maximum absolute atomic E-state index is 9.76. The van der Waals surface area contributed by atoms with Crippen molar-refractivity contribution in [3.05, 3.63) is 187 Å². The molecule has 0 amide bonds. The van der Waals surface area contributed by atoms with E-state index in [0.717, 1.165) is 13.7 Å². The molecular formula is C48H31N3. The molecule has 238 valence electrons. The van der Waals surface area contributed by atoms with Crippen LogP contribution in [0.25, 0.3) is 93.6 Å². The zero-order valence-corrected chi connectivity index (χ0v) is 25.7. The molecule has 0 fully saturated rings. The Bertz CT molecular complexity index is 4600. The second-order valence-corrected chi connectivity index (χ2v) is 11.3. The molecule has 0 aliphatic rings. The summed E-state index contributed by atoms with van der Waals surface area (Å²) < 4.78 is 247. The SMILES string of the molecule is [2H]c1c([2H])c([2H])c(-c2cccc(-n3c4c([2H])c([2H])c([2H])c([2H])c4c4c(-n5c6c([2H])c([2H])c([2H])c([2H])c6c6c(-n7c8c([2H])c([2H])c([2H])c([2H])c8c8c([2H])c([2H])c([2H])c([2H])c87)c([2H])c([2H])c([2H])c65)c([2H])c([2H])c([2H])c43)c2)c([2H])c1[2H]. The van der Waals surface area contributed by atoms with Gasteiger partial charge in [-0.3, -0.25) is 0 Å². The highest BCUT2D eigenvalue weighted by Gasteiger charge is 2.22. The van der Waals surface area contributed by atoms with E-state index in [4.69, 9.17) is 20.6 Å². The summed E-state index contributed by atoms with van der Waals surface area (Å²) in [5.41, 5.74) is -5.05. The Kier molecular flexibility index (Phi) is 2.65. The first-order valence-corrected chi connectivity index (χ1v) is 15.3. The van der Waals surface area contributed by atoms with Crippen LogP contribution in [0.1, 0.15) is 37.0 Å². The molecule has 0 saturated carbocycles. The zero-order chi connectivity index (χ0) is 57.0. The van der Waals surface area contributed by atoms with E-state index in [1.165, 1.54) is 24.3 Å². The van der Waals surface area contributed by atoms with Crippen LogP contribution >= 0.6 is 0 Å². The number of rotatable bonds is 4. The van der Waals surface area contributed by atoms with Crippen molar-refractivity contribution in [3.63, 3.8) is 0 Å². The molecule has 51 heavy (non-hydrogen) atoms. The molecule has 11 aromatic rings. The third kappa shape index (κ3) is 4.00. The number of para-hydroxylation sites is 4. The van der Waals surface area contributed by atoms with Crippen LogP contribution in [0.15, 0.2) is 187 Å². The first-order valence-electron chi connectivity index (χ1n) is 28.8. The first-order chi connectivity index (χ1) is 36.6. The second-order valence-electron chi connectivity index (χ2n) is 11.3. The standard InChI is InChI=1S/C48H31N3/c1-2-15-32(16-3-1)33-17-12-18-34(31-33)49-41-25-10-6-21-37(41)47-43(49)27-13-29-45(47)51-42-26-11-7-22-38(42)48-44(28-14-30-46(48)51)50-39-23-8-4-19-35(39)36-20-5-9-24-40(36)50/h1-31H/i1D,2D,3D,4D,5D,6D,7D,8D,9D,10D,11D,13D,14D,15D,16D,19D,20D,21D,22D,23D,24D,25D,26D,27D,28D,29D,30D. The predicted molar refractivity (Wildman–Crippen MR) is 215 cm³/mol. The van der Waals surface area contributed by atoms with E-state index in [1.807, 2.05) is 0 Å². The number of hydrogen-bond acceptors (Lipinski definition) is 0. The molecule has 3 heterocycles. The molecule has 8 aromatic carbocycles. The average Bonchev–Trinajstić information content (AvgIpc) is 4.28. The van der Waals surface area contributed by atoms with Gasteiger partial charge in [0.05, 0.1) is 81.5 Å². The molecule has 0 atom stereocenters. The summed E-state index contributed by atoms with van der Waals surface area (Å²) in [6, 6.07) is -16.9. The van der Waals surface area contributed by atoms with Crippen LogP contribution in [0.3, 0.4) is 0 Å². The molecule has 3 aromatic heterocycles. The quantitative estimate of drug-likeness (QED) is 0.176. The third-order valence-corrected chi connectivity index (χ3v) is 8.77. The summed E-state index contributed by atoms with van der Waals surface area (Å²) in [5, 5.41) is -3.03. The summed E-state index contributed by atoms with van der Waals surface area (Å²) in [7, 11) is 0. The minimum atomic E-state index is -1.01. The number of benzene rings is 8. The maximum atomic E-state index is 9.76. The molecule has 0 aliphatic carbocycles. The van der Waals surface area contributed by atoms with Crippen molar-refractivity contribution < 1.29 is 37.0 Å². The van der Waals surface area contributed by atoms with E-state index in [1.54, 1.807) is 0 Å². The summed E-state index contributed by atoms with van der Waals surface area (Å²) in [6.45, 7) is 0. The van der Waals surface area contributed by atoms with Crippen molar-refractivity contribution in [2.24, 2.45) is 0 Å². The van der Waals surface area contributed by atoms with Crippen LogP contribution in [0, 0.1) is 0 Å². The van der Waals surface area contributed by atoms with Crippen molar-refractivity contribution in [2.75, 3.05) is 0 Å². The van der Waals surface area contributed by atoms with E-state index < -0.39 is 240 Å². The average molecular weight is 677 g/mol. The van der Waals surface area contributed by atoms with E-state index in [2.05, 4.69) is 0 Å². The highest BCUT2D eigenvalue weighted by molar-refractivity contribution is 6.19. The third-order valence-electron chi connectivity index (χ3n) is 8.77. The fraction of sp³-hybridized carbons (Fsp3) is 0. The molecule has 0 saturated heterocycles. The van der Waals surface area contributed by atoms with Crippen molar-refractivity contribution in [2.45, 2.75) is 0 Å². The van der Waals surface area contributed by atoms with Gasteiger partial charge in [0.25, 0.3) is 0 Å². The van der Waals surface area contributed by atoms with E-state index in [9.17, 15) is 16.4 Å². The Morgan fingerprint density at radius 2 is 0.765 bits per heavy atom. The van der Waals surface area contributed by atoms with Crippen molar-refractivity contribution in [1.29, 1.82) is 0 Å². The first kappa shape index (κ1) is 12.5. The predicted octanol–water partition coefficient (Wildman–Crippen LogP) is 12.6. The minimum absolute atomic E-state index is 0.00553. The molecule has 0 unspecified atom stereocenters. The lowest BCUT2D eigenvalue weighted by Crippen LogP contribution is -1.98. The molecule has 0 N–H and O–H groups in total. The van der Waals surface area contributed by atoms with Gasteiger partial charge in [0, 0.05) is 38.0 Å². The van der Waals surface area contributed by atoms with Crippen LogP contribution in [0.4, 0.5) is 0 Å². The van der Waals surface area contributed by atoms with Gasteiger partial charge in [-0.25, -0.2) is 0 Å². The number of hydrogen-bond donors (Lipinski definition) is 0. The van der Waals surface area contributed by atoms with Gasteiger partial charge in [0.1, 0.15) is 0 Å². The number of fused-ring (bicyclic) bond motifs is 9. The van der Waals surface area contributed by atoms with Crippen LogP contribution in [-0.2, 0) is 0 Å². The van der Waals surface area contributed by atoms with Crippen molar-refractivity contribution in [1.82, 2.24) is 13.7 Å². The summed E-state index contributed by atoms with van der Waals surface area (Å²) >= 11 is 0. The minimum Gasteiger partial charge on any atom is -0.309 e. The van der Waals surface area contributed by atoms with Crippen LogP contribution in [0.2, 0.25) is 0 Å².